The van der Waals surface area contributed by atoms with Crippen LogP contribution in [-0.4, -0.2) is 19.4 Å². The van der Waals surface area contributed by atoms with Crippen LogP contribution >= 0.6 is 0 Å². The molecule has 0 aliphatic rings. The SMILES string of the molecule is CCC(F)C(C)OC. The van der Waals surface area contributed by atoms with E-state index in [-0.39, 0.29) is 6.10 Å². The third-order valence-electron chi connectivity index (χ3n) is 1.27. The van der Waals surface area contributed by atoms with E-state index >= 15 is 0 Å². The van der Waals surface area contributed by atoms with Crippen molar-refractivity contribution < 1.29 is 9.13 Å². The minimum Gasteiger partial charge on any atom is -0.379 e. The lowest BCUT2D eigenvalue weighted by Gasteiger charge is -2.11. The second kappa shape index (κ2) is 3.84. The van der Waals surface area contributed by atoms with Crippen LogP contribution in [-0.2, 0) is 4.74 Å². The van der Waals surface area contributed by atoms with Gasteiger partial charge in [-0.1, -0.05) is 6.92 Å². The Labute approximate surface area is 49.8 Å². The van der Waals surface area contributed by atoms with Crippen LogP contribution in [0.2, 0.25) is 0 Å². The molecular weight excluding hydrogens is 107 g/mol. The Hall–Kier alpha value is -0.110. The van der Waals surface area contributed by atoms with Gasteiger partial charge in [-0.15, -0.1) is 0 Å². The summed E-state index contributed by atoms with van der Waals surface area (Å²) in [4.78, 5) is 0. The molecule has 0 bridgehead atoms. The zero-order valence-corrected chi connectivity index (χ0v) is 5.65. The van der Waals surface area contributed by atoms with Gasteiger partial charge in [0.05, 0.1) is 6.10 Å². The summed E-state index contributed by atoms with van der Waals surface area (Å²) in [5, 5.41) is 0. The molecule has 0 aliphatic heterocycles. The average molecular weight is 120 g/mol. The van der Waals surface area contributed by atoms with E-state index in [9.17, 15) is 4.39 Å². The molecule has 50 valence electrons. The van der Waals surface area contributed by atoms with Gasteiger partial charge in [-0.25, -0.2) is 4.39 Å². The van der Waals surface area contributed by atoms with Crippen LogP contribution in [0.25, 0.3) is 0 Å². The number of halogens is 1. The summed E-state index contributed by atoms with van der Waals surface area (Å²) < 4.78 is 17.1. The Bertz CT molecular complexity index is 48.5. The van der Waals surface area contributed by atoms with Crippen molar-refractivity contribution in [3.63, 3.8) is 0 Å². The topological polar surface area (TPSA) is 9.23 Å². The van der Waals surface area contributed by atoms with E-state index < -0.39 is 6.17 Å². The summed E-state index contributed by atoms with van der Waals surface area (Å²) in [6, 6.07) is 0. The first-order valence-electron chi connectivity index (χ1n) is 2.89. The smallest absolute Gasteiger partial charge is 0.126 e. The molecule has 0 heterocycles. The van der Waals surface area contributed by atoms with Crippen molar-refractivity contribution in [1.82, 2.24) is 0 Å². The summed E-state index contributed by atoms with van der Waals surface area (Å²) in [7, 11) is 1.52. The Balaban J connectivity index is 3.29. The van der Waals surface area contributed by atoms with Crippen molar-refractivity contribution in [1.29, 1.82) is 0 Å². The van der Waals surface area contributed by atoms with Gasteiger partial charge in [0.15, 0.2) is 0 Å². The average Bonchev–Trinajstić information content (AvgIpc) is 1.84. The summed E-state index contributed by atoms with van der Waals surface area (Å²) in [5.74, 6) is 0. The fraction of sp³-hybridized carbons (Fsp3) is 1.00. The van der Waals surface area contributed by atoms with E-state index in [0.717, 1.165) is 0 Å². The van der Waals surface area contributed by atoms with Gasteiger partial charge >= 0.3 is 0 Å². The van der Waals surface area contributed by atoms with Crippen molar-refractivity contribution in [3.8, 4) is 0 Å². The van der Waals surface area contributed by atoms with Crippen molar-refractivity contribution in [2.45, 2.75) is 32.5 Å². The van der Waals surface area contributed by atoms with Gasteiger partial charge < -0.3 is 4.74 Å². The van der Waals surface area contributed by atoms with E-state index in [1.165, 1.54) is 7.11 Å². The molecule has 0 fully saturated rings. The Morgan fingerprint density at radius 3 is 2.25 bits per heavy atom. The number of hydrogen-bond donors (Lipinski definition) is 0. The molecule has 0 aromatic rings. The van der Waals surface area contributed by atoms with Crippen molar-refractivity contribution in [2.24, 2.45) is 0 Å². The molecule has 1 nitrogen and oxygen atoms in total. The van der Waals surface area contributed by atoms with Crippen LogP contribution in [0.15, 0.2) is 0 Å². The number of rotatable bonds is 3. The van der Waals surface area contributed by atoms with Crippen LogP contribution in [0.3, 0.4) is 0 Å². The van der Waals surface area contributed by atoms with Gasteiger partial charge in [0.1, 0.15) is 6.17 Å². The van der Waals surface area contributed by atoms with Gasteiger partial charge in [0.2, 0.25) is 0 Å². The molecule has 0 radical (unpaired) electrons. The molecular formula is C6H13FO. The number of alkyl halides is 1. The van der Waals surface area contributed by atoms with Gasteiger partial charge in [-0.3, -0.25) is 0 Å². The molecule has 0 aliphatic carbocycles. The lowest BCUT2D eigenvalue weighted by atomic mass is 10.2. The van der Waals surface area contributed by atoms with E-state index in [4.69, 9.17) is 4.74 Å². The predicted octanol–water partition coefficient (Wildman–Crippen LogP) is 1.77. The van der Waals surface area contributed by atoms with Gasteiger partial charge in [0.25, 0.3) is 0 Å². The fourth-order valence-electron chi connectivity index (χ4n) is 0.480. The largest absolute Gasteiger partial charge is 0.379 e. The number of hydrogen-bond acceptors (Lipinski definition) is 1. The predicted molar refractivity (Wildman–Crippen MR) is 31.7 cm³/mol. The maximum atomic E-state index is 12.4. The normalized spacial score (nSPS) is 18.0. The molecule has 0 saturated carbocycles. The molecule has 2 heteroatoms. The molecule has 0 amide bonds. The Kier molecular flexibility index (Phi) is 3.79. The first kappa shape index (κ1) is 7.89. The van der Waals surface area contributed by atoms with Gasteiger partial charge in [0, 0.05) is 7.11 Å². The van der Waals surface area contributed by atoms with Crippen molar-refractivity contribution >= 4 is 0 Å². The van der Waals surface area contributed by atoms with E-state index in [1.54, 1.807) is 13.8 Å². The highest BCUT2D eigenvalue weighted by atomic mass is 19.1. The highest BCUT2D eigenvalue weighted by molar-refractivity contribution is 4.60. The number of ether oxygens (including phenoxy) is 1. The molecule has 0 spiro atoms. The summed E-state index contributed by atoms with van der Waals surface area (Å²) in [6.45, 7) is 3.54. The van der Waals surface area contributed by atoms with Gasteiger partial charge in [-0.2, -0.15) is 0 Å². The minimum atomic E-state index is -0.806. The monoisotopic (exact) mass is 120 g/mol. The summed E-state index contributed by atoms with van der Waals surface area (Å²) >= 11 is 0. The lowest BCUT2D eigenvalue weighted by Crippen LogP contribution is -2.19. The maximum Gasteiger partial charge on any atom is 0.126 e. The quantitative estimate of drug-likeness (QED) is 0.551. The molecule has 0 rings (SSSR count). The summed E-state index contributed by atoms with van der Waals surface area (Å²) in [5.41, 5.74) is 0. The molecule has 8 heavy (non-hydrogen) atoms. The molecule has 0 saturated heterocycles. The second-order valence-electron chi connectivity index (χ2n) is 1.87. The van der Waals surface area contributed by atoms with Crippen molar-refractivity contribution in [2.75, 3.05) is 7.11 Å². The highest BCUT2D eigenvalue weighted by Crippen LogP contribution is 2.04. The van der Waals surface area contributed by atoms with E-state index in [1.807, 2.05) is 0 Å². The van der Waals surface area contributed by atoms with Crippen LogP contribution in [0, 0.1) is 0 Å². The maximum absolute atomic E-state index is 12.4. The zero-order chi connectivity index (χ0) is 6.57. The van der Waals surface area contributed by atoms with Crippen LogP contribution in [0.5, 0.6) is 0 Å². The molecule has 0 aromatic carbocycles. The van der Waals surface area contributed by atoms with Crippen LogP contribution in [0.4, 0.5) is 4.39 Å². The molecule has 2 atom stereocenters. The minimum absolute atomic E-state index is 0.250. The molecule has 0 N–H and O–H groups in total. The first-order valence-corrected chi connectivity index (χ1v) is 2.89. The van der Waals surface area contributed by atoms with Crippen molar-refractivity contribution in [3.05, 3.63) is 0 Å². The van der Waals surface area contributed by atoms with Gasteiger partial charge in [-0.05, 0) is 13.3 Å². The highest BCUT2D eigenvalue weighted by Gasteiger charge is 2.11. The van der Waals surface area contributed by atoms with E-state index in [2.05, 4.69) is 0 Å². The molecule has 0 aromatic heterocycles. The molecule has 2 unspecified atom stereocenters. The lowest BCUT2D eigenvalue weighted by molar-refractivity contribution is 0.0444. The van der Waals surface area contributed by atoms with E-state index in [0.29, 0.717) is 6.42 Å². The fourth-order valence-corrected chi connectivity index (χ4v) is 0.480. The standard InChI is InChI=1S/C6H13FO/c1-4-6(7)5(2)8-3/h5-6H,4H2,1-3H3. The second-order valence-corrected chi connectivity index (χ2v) is 1.87. The third-order valence-corrected chi connectivity index (χ3v) is 1.27. The number of methoxy groups -OCH3 is 1. The summed E-state index contributed by atoms with van der Waals surface area (Å²) in [6.07, 6.45) is -0.519. The first-order chi connectivity index (χ1) is 3.72. The Morgan fingerprint density at radius 1 is 1.62 bits per heavy atom. The third kappa shape index (κ3) is 2.26. The van der Waals surface area contributed by atoms with Crippen LogP contribution < -0.4 is 0 Å². The Morgan fingerprint density at radius 2 is 2.12 bits per heavy atom. The van der Waals surface area contributed by atoms with Crippen LogP contribution in [0.1, 0.15) is 20.3 Å². The zero-order valence-electron chi connectivity index (χ0n) is 5.65.